The van der Waals surface area contributed by atoms with Gasteiger partial charge in [0.2, 0.25) is 0 Å². The van der Waals surface area contributed by atoms with Crippen molar-refractivity contribution in [2.75, 3.05) is 17.3 Å². The van der Waals surface area contributed by atoms with Crippen LogP contribution in [0.5, 0.6) is 0 Å². The van der Waals surface area contributed by atoms with Gasteiger partial charge in [-0.15, -0.1) is 0 Å². The van der Waals surface area contributed by atoms with Crippen molar-refractivity contribution in [3.63, 3.8) is 0 Å². The lowest BCUT2D eigenvalue weighted by atomic mass is 9.94. The van der Waals surface area contributed by atoms with Gasteiger partial charge in [0, 0.05) is 18.7 Å². The number of nitrogen functional groups attached to an aromatic ring is 1. The second-order valence-corrected chi connectivity index (χ2v) is 5.24. The van der Waals surface area contributed by atoms with Gasteiger partial charge < -0.3 is 15.5 Å². The molecule has 0 bridgehead atoms. The highest BCUT2D eigenvalue weighted by atomic mass is 19.1. The van der Waals surface area contributed by atoms with E-state index in [0.717, 1.165) is 18.9 Å². The summed E-state index contributed by atoms with van der Waals surface area (Å²) in [6.45, 7) is 4.54. The third-order valence-electron chi connectivity index (χ3n) is 3.10. The monoisotopic (exact) mass is 272 g/mol. The molecule has 1 aliphatic heterocycles. The Labute approximate surface area is 110 Å². The van der Waals surface area contributed by atoms with Crippen LogP contribution in [0, 0.1) is 11.6 Å². The van der Waals surface area contributed by atoms with Gasteiger partial charge in [-0.05, 0) is 26.7 Å². The molecule has 4 N–H and O–H groups in total. The maximum Gasteiger partial charge on any atom is 0.178 e. The summed E-state index contributed by atoms with van der Waals surface area (Å²) >= 11 is 0. The van der Waals surface area contributed by atoms with Crippen LogP contribution in [0.1, 0.15) is 26.7 Å². The van der Waals surface area contributed by atoms with Crippen molar-refractivity contribution in [3.05, 3.63) is 17.7 Å². The topological polar surface area (TPSA) is 72.2 Å². The number of nitrogens with two attached hydrogens (primary N) is 1. The molecular formula is C12H18F2N4O. The van der Waals surface area contributed by atoms with Crippen LogP contribution in [0.15, 0.2) is 6.07 Å². The molecule has 2 heterocycles. The molecule has 0 saturated carbocycles. The zero-order valence-electron chi connectivity index (χ0n) is 11.0. The van der Waals surface area contributed by atoms with Crippen molar-refractivity contribution < 1.29 is 13.5 Å². The fraction of sp³-hybridized carbons (Fsp3) is 0.583. The molecule has 7 heteroatoms. The van der Waals surface area contributed by atoms with Crippen LogP contribution in [-0.4, -0.2) is 23.2 Å². The Kier molecular flexibility index (Phi) is 3.86. The fourth-order valence-corrected chi connectivity index (χ4v) is 2.22. The summed E-state index contributed by atoms with van der Waals surface area (Å²) in [5, 5.41) is 2.98. The van der Waals surface area contributed by atoms with Crippen LogP contribution in [-0.2, 0) is 4.74 Å². The zero-order chi connectivity index (χ0) is 14.0. The number of pyridine rings is 1. The third-order valence-corrected chi connectivity index (χ3v) is 3.10. The van der Waals surface area contributed by atoms with Gasteiger partial charge in [-0.3, -0.25) is 0 Å². The molecule has 1 aromatic rings. The molecule has 0 amide bonds. The minimum absolute atomic E-state index is 0.00273. The van der Waals surface area contributed by atoms with Crippen molar-refractivity contribution in [1.29, 1.82) is 0 Å². The molecule has 1 fully saturated rings. The van der Waals surface area contributed by atoms with E-state index in [1.54, 1.807) is 0 Å². The molecular weight excluding hydrogens is 254 g/mol. The number of rotatable bonds is 3. The van der Waals surface area contributed by atoms with Crippen molar-refractivity contribution >= 4 is 11.6 Å². The van der Waals surface area contributed by atoms with E-state index in [2.05, 4.69) is 15.7 Å². The van der Waals surface area contributed by atoms with Gasteiger partial charge in [-0.25, -0.2) is 19.6 Å². The van der Waals surface area contributed by atoms with Crippen molar-refractivity contribution in [2.24, 2.45) is 5.84 Å². The standard InChI is InChI=1S/C12H18F2N4O/c1-12(2)6-7(3-4-19-12)16-10-8(13)5-9(14)11(17-10)18-15/h5,7H,3-4,6,15H2,1-2H3,(H2,16,17,18). The number of anilines is 2. The average Bonchev–Trinajstić information content (AvgIpc) is 2.31. The number of hydrogen-bond acceptors (Lipinski definition) is 5. The zero-order valence-corrected chi connectivity index (χ0v) is 11.0. The third kappa shape index (κ3) is 3.30. The van der Waals surface area contributed by atoms with Crippen LogP contribution in [0.4, 0.5) is 20.4 Å². The molecule has 106 valence electrons. The number of nitrogens with zero attached hydrogens (tertiary/aromatic N) is 1. The molecule has 0 aliphatic carbocycles. The van der Waals surface area contributed by atoms with E-state index in [1.165, 1.54) is 0 Å². The Morgan fingerprint density at radius 3 is 2.68 bits per heavy atom. The first-order valence-corrected chi connectivity index (χ1v) is 6.14. The van der Waals surface area contributed by atoms with Crippen LogP contribution in [0.3, 0.4) is 0 Å². The predicted octanol–water partition coefficient (Wildman–Crippen LogP) is 2.01. The molecule has 1 atom stereocenters. The van der Waals surface area contributed by atoms with Crippen LogP contribution in [0.25, 0.3) is 0 Å². The van der Waals surface area contributed by atoms with E-state index < -0.39 is 11.6 Å². The fourth-order valence-electron chi connectivity index (χ4n) is 2.22. The average molecular weight is 272 g/mol. The van der Waals surface area contributed by atoms with Gasteiger partial charge in [0.1, 0.15) is 0 Å². The first kappa shape index (κ1) is 14.0. The number of hydrogen-bond donors (Lipinski definition) is 3. The molecule has 2 rings (SSSR count). The van der Waals surface area contributed by atoms with Crippen LogP contribution < -0.4 is 16.6 Å². The summed E-state index contributed by atoms with van der Waals surface area (Å²) in [4.78, 5) is 3.79. The molecule has 1 aliphatic rings. The Morgan fingerprint density at radius 1 is 1.37 bits per heavy atom. The van der Waals surface area contributed by atoms with E-state index in [1.807, 2.05) is 13.8 Å². The highest BCUT2D eigenvalue weighted by Gasteiger charge is 2.29. The van der Waals surface area contributed by atoms with E-state index in [4.69, 9.17) is 10.6 Å². The van der Waals surface area contributed by atoms with Gasteiger partial charge >= 0.3 is 0 Å². The summed E-state index contributed by atoms with van der Waals surface area (Å²) in [6, 6.07) is 0.788. The Bertz CT molecular complexity index is 467. The first-order valence-electron chi connectivity index (χ1n) is 6.14. The van der Waals surface area contributed by atoms with Gasteiger partial charge in [-0.1, -0.05) is 0 Å². The summed E-state index contributed by atoms with van der Waals surface area (Å²) in [5.41, 5.74) is 1.84. The Hall–Kier alpha value is -1.47. The first-order chi connectivity index (χ1) is 8.91. The molecule has 0 radical (unpaired) electrons. The molecule has 0 aromatic carbocycles. The van der Waals surface area contributed by atoms with E-state index in [-0.39, 0.29) is 23.3 Å². The van der Waals surface area contributed by atoms with E-state index in [0.29, 0.717) is 6.61 Å². The molecule has 5 nitrogen and oxygen atoms in total. The lowest BCUT2D eigenvalue weighted by Gasteiger charge is -2.36. The minimum atomic E-state index is -0.821. The van der Waals surface area contributed by atoms with Crippen LogP contribution >= 0.6 is 0 Å². The quantitative estimate of drug-likeness (QED) is 0.580. The summed E-state index contributed by atoms with van der Waals surface area (Å²) in [6.07, 6.45) is 1.46. The Balaban J connectivity index is 2.14. The number of halogens is 2. The van der Waals surface area contributed by atoms with E-state index in [9.17, 15) is 8.78 Å². The molecule has 1 aromatic heterocycles. The maximum atomic E-state index is 13.6. The summed E-state index contributed by atoms with van der Waals surface area (Å²) < 4.78 is 32.5. The van der Waals surface area contributed by atoms with Gasteiger partial charge in [0.05, 0.1) is 5.60 Å². The number of ether oxygens (including phenoxy) is 1. The van der Waals surface area contributed by atoms with Crippen molar-refractivity contribution in [2.45, 2.75) is 38.3 Å². The lowest BCUT2D eigenvalue weighted by molar-refractivity contribution is -0.0553. The van der Waals surface area contributed by atoms with Gasteiger partial charge in [0.25, 0.3) is 0 Å². The molecule has 19 heavy (non-hydrogen) atoms. The van der Waals surface area contributed by atoms with Crippen LogP contribution in [0.2, 0.25) is 0 Å². The van der Waals surface area contributed by atoms with Gasteiger partial charge in [0.15, 0.2) is 23.3 Å². The van der Waals surface area contributed by atoms with Crippen molar-refractivity contribution in [3.8, 4) is 0 Å². The summed E-state index contributed by atoms with van der Waals surface area (Å²) in [7, 11) is 0. The number of aromatic nitrogens is 1. The predicted molar refractivity (Wildman–Crippen MR) is 68.6 cm³/mol. The highest BCUT2D eigenvalue weighted by molar-refractivity contribution is 5.47. The highest BCUT2D eigenvalue weighted by Crippen LogP contribution is 2.27. The van der Waals surface area contributed by atoms with Gasteiger partial charge in [-0.2, -0.15) is 0 Å². The summed E-state index contributed by atoms with van der Waals surface area (Å²) in [5.74, 6) is 3.38. The lowest BCUT2D eigenvalue weighted by Crippen LogP contribution is -2.40. The largest absolute Gasteiger partial charge is 0.375 e. The maximum absolute atomic E-state index is 13.6. The second-order valence-electron chi connectivity index (χ2n) is 5.24. The van der Waals surface area contributed by atoms with E-state index >= 15 is 0 Å². The Morgan fingerprint density at radius 2 is 2.05 bits per heavy atom. The number of nitrogens with one attached hydrogen (secondary N) is 2. The SMILES string of the molecule is CC1(C)CC(Nc2nc(NN)c(F)cc2F)CCO1. The minimum Gasteiger partial charge on any atom is -0.375 e. The second kappa shape index (κ2) is 5.26. The smallest absolute Gasteiger partial charge is 0.178 e. The normalized spacial score (nSPS) is 22.1. The molecule has 0 spiro atoms. The number of hydrazine groups is 1. The molecule has 1 unspecified atom stereocenters. The van der Waals surface area contributed by atoms with Crippen molar-refractivity contribution in [1.82, 2.24) is 4.98 Å². The molecule has 1 saturated heterocycles.